The monoisotopic (exact) mass is 369 g/mol. The number of halogens is 1. The minimum Gasteiger partial charge on any atom is -0.325 e. The van der Waals surface area contributed by atoms with Crippen molar-refractivity contribution in [3.63, 3.8) is 0 Å². The van der Waals surface area contributed by atoms with Gasteiger partial charge in [-0.3, -0.25) is 4.79 Å². The van der Waals surface area contributed by atoms with Crippen molar-refractivity contribution in [2.75, 3.05) is 11.1 Å². The lowest BCUT2D eigenvalue weighted by atomic mass is 10.2. The van der Waals surface area contributed by atoms with E-state index < -0.39 is 0 Å². The van der Waals surface area contributed by atoms with Crippen LogP contribution in [0.25, 0.3) is 11.4 Å². The summed E-state index contributed by atoms with van der Waals surface area (Å²) < 4.78 is 14.7. The third-order valence-corrected chi connectivity index (χ3v) is 4.99. The number of carbonyl (C=O) groups is 1. The first-order chi connectivity index (χ1) is 12.7. The van der Waals surface area contributed by atoms with E-state index in [0.717, 1.165) is 23.3 Å². The normalized spacial score (nSPS) is 13.6. The first-order valence-corrected chi connectivity index (χ1v) is 9.24. The molecule has 4 rings (SSSR count). The molecule has 0 bridgehead atoms. The van der Waals surface area contributed by atoms with Crippen LogP contribution in [0.3, 0.4) is 0 Å². The summed E-state index contributed by atoms with van der Waals surface area (Å²) in [4.78, 5) is 13.0. The van der Waals surface area contributed by atoms with Crippen LogP contribution >= 0.6 is 11.8 Å². The molecule has 0 saturated heterocycles. The molecule has 1 aliphatic carbocycles. The molecule has 1 amide bonds. The first kappa shape index (κ1) is 16.7. The van der Waals surface area contributed by atoms with Gasteiger partial charge in [0, 0.05) is 16.1 Å². The molecule has 0 atom stereocenters. The third kappa shape index (κ3) is 3.91. The van der Waals surface area contributed by atoms with E-state index in [0.29, 0.717) is 17.6 Å². The predicted octanol–water partition coefficient (Wildman–Crippen LogP) is 3.54. The average Bonchev–Trinajstić information content (AvgIpc) is 3.38. The van der Waals surface area contributed by atoms with Crippen LogP contribution in [-0.4, -0.2) is 31.9 Å². The zero-order valence-corrected chi connectivity index (χ0v) is 14.6. The Balaban J connectivity index is 1.41. The van der Waals surface area contributed by atoms with Gasteiger partial charge >= 0.3 is 0 Å². The number of benzene rings is 2. The summed E-state index contributed by atoms with van der Waals surface area (Å²) in [5, 5.41) is 14.8. The zero-order chi connectivity index (χ0) is 17.9. The smallest absolute Gasteiger partial charge is 0.234 e. The van der Waals surface area contributed by atoms with Crippen molar-refractivity contribution in [1.29, 1.82) is 0 Å². The summed E-state index contributed by atoms with van der Waals surface area (Å²) in [7, 11) is 0. The Bertz CT molecular complexity index is 923. The fraction of sp³-hybridized carbons (Fsp3) is 0.222. The standard InChI is InChI=1S/C18H16FN5OS/c19-13-4-8-16(9-5-13)26-11-17(25)20-14-3-1-2-12(10-14)18-21-22-23-24(18)15-6-7-15/h1-5,8-10,15H,6-7,11H2,(H,20,25). The molecule has 6 nitrogen and oxygen atoms in total. The molecule has 1 saturated carbocycles. The van der Waals surface area contributed by atoms with Gasteiger partial charge in [0.25, 0.3) is 0 Å². The summed E-state index contributed by atoms with van der Waals surface area (Å²) in [6, 6.07) is 13.9. The van der Waals surface area contributed by atoms with Crippen molar-refractivity contribution < 1.29 is 9.18 Å². The maximum atomic E-state index is 12.9. The molecule has 1 aliphatic rings. The van der Waals surface area contributed by atoms with Gasteiger partial charge < -0.3 is 5.32 Å². The van der Waals surface area contributed by atoms with Crippen LogP contribution in [-0.2, 0) is 4.79 Å². The maximum Gasteiger partial charge on any atom is 0.234 e. The van der Waals surface area contributed by atoms with Gasteiger partial charge in [0.1, 0.15) is 5.82 Å². The van der Waals surface area contributed by atoms with E-state index in [9.17, 15) is 9.18 Å². The lowest BCUT2D eigenvalue weighted by Crippen LogP contribution is -2.14. The number of rotatable bonds is 6. The minimum atomic E-state index is -0.288. The molecule has 2 aromatic carbocycles. The zero-order valence-electron chi connectivity index (χ0n) is 13.8. The molecule has 0 aliphatic heterocycles. The Morgan fingerprint density at radius 1 is 1.23 bits per heavy atom. The number of carbonyl (C=O) groups excluding carboxylic acids is 1. The van der Waals surface area contributed by atoms with Crippen LogP contribution in [0, 0.1) is 5.82 Å². The summed E-state index contributed by atoms with van der Waals surface area (Å²) >= 11 is 1.36. The van der Waals surface area contributed by atoms with Crippen LogP contribution in [0.1, 0.15) is 18.9 Å². The first-order valence-electron chi connectivity index (χ1n) is 8.25. The average molecular weight is 369 g/mol. The second kappa shape index (κ2) is 7.25. The van der Waals surface area contributed by atoms with Crippen LogP contribution in [0.15, 0.2) is 53.4 Å². The highest BCUT2D eigenvalue weighted by Crippen LogP contribution is 2.36. The van der Waals surface area contributed by atoms with E-state index >= 15 is 0 Å². The number of amides is 1. The molecule has 8 heteroatoms. The highest BCUT2D eigenvalue weighted by Gasteiger charge is 2.28. The number of hydrogen-bond acceptors (Lipinski definition) is 5. The summed E-state index contributed by atoms with van der Waals surface area (Å²) in [5.41, 5.74) is 1.56. The van der Waals surface area contributed by atoms with E-state index in [2.05, 4.69) is 20.8 Å². The number of thioether (sulfide) groups is 1. The lowest BCUT2D eigenvalue weighted by Gasteiger charge is -2.08. The quantitative estimate of drug-likeness (QED) is 0.673. The summed E-state index contributed by atoms with van der Waals surface area (Å²) in [6.07, 6.45) is 2.18. The fourth-order valence-corrected chi connectivity index (χ4v) is 3.26. The largest absolute Gasteiger partial charge is 0.325 e. The second-order valence-electron chi connectivity index (χ2n) is 6.05. The summed E-state index contributed by atoms with van der Waals surface area (Å²) in [6.45, 7) is 0. The molecule has 1 N–H and O–H groups in total. The molecule has 0 spiro atoms. The van der Waals surface area contributed by atoms with Gasteiger partial charge in [-0.1, -0.05) is 12.1 Å². The Labute approximate surface area is 153 Å². The van der Waals surface area contributed by atoms with Crippen molar-refractivity contribution in [3.8, 4) is 11.4 Å². The molecule has 1 fully saturated rings. The number of aromatic nitrogens is 4. The Morgan fingerprint density at radius 2 is 2.04 bits per heavy atom. The van der Waals surface area contributed by atoms with Gasteiger partial charge in [0.05, 0.1) is 11.8 Å². The number of nitrogens with zero attached hydrogens (tertiary/aromatic N) is 4. The molecule has 132 valence electrons. The van der Waals surface area contributed by atoms with E-state index in [1.54, 1.807) is 12.1 Å². The van der Waals surface area contributed by atoms with Gasteiger partial charge in [-0.05, 0) is 59.7 Å². The number of anilines is 1. The van der Waals surface area contributed by atoms with Gasteiger partial charge in [0.2, 0.25) is 5.91 Å². The van der Waals surface area contributed by atoms with Gasteiger partial charge in [-0.2, -0.15) is 0 Å². The SMILES string of the molecule is O=C(CSc1ccc(F)cc1)Nc1cccc(-c2nnnn2C2CC2)c1. The van der Waals surface area contributed by atoms with Crippen molar-refractivity contribution in [3.05, 3.63) is 54.3 Å². The van der Waals surface area contributed by atoms with Crippen molar-refractivity contribution in [2.24, 2.45) is 0 Å². The molecule has 0 radical (unpaired) electrons. The predicted molar refractivity (Wildman–Crippen MR) is 97.3 cm³/mol. The van der Waals surface area contributed by atoms with E-state index in [1.807, 2.05) is 28.9 Å². The highest BCUT2D eigenvalue weighted by atomic mass is 32.2. The Kier molecular flexibility index (Phi) is 4.66. The van der Waals surface area contributed by atoms with Crippen LogP contribution in [0.2, 0.25) is 0 Å². The Hall–Kier alpha value is -2.74. The van der Waals surface area contributed by atoms with Gasteiger partial charge in [-0.15, -0.1) is 16.9 Å². The molecule has 0 unspecified atom stereocenters. The van der Waals surface area contributed by atoms with Crippen molar-refractivity contribution in [1.82, 2.24) is 20.2 Å². The van der Waals surface area contributed by atoms with E-state index in [1.165, 1.54) is 23.9 Å². The number of nitrogens with one attached hydrogen (secondary N) is 1. The van der Waals surface area contributed by atoms with E-state index in [4.69, 9.17) is 0 Å². The molecule has 1 aromatic heterocycles. The van der Waals surface area contributed by atoms with Crippen molar-refractivity contribution >= 4 is 23.4 Å². The van der Waals surface area contributed by atoms with Crippen LogP contribution < -0.4 is 5.32 Å². The van der Waals surface area contributed by atoms with E-state index in [-0.39, 0.29) is 17.5 Å². The lowest BCUT2D eigenvalue weighted by molar-refractivity contribution is -0.113. The fourth-order valence-electron chi connectivity index (χ4n) is 2.56. The number of tetrazole rings is 1. The van der Waals surface area contributed by atoms with Crippen LogP contribution in [0.4, 0.5) is 10.1 Å². The maximum absolute atomic E-state index is 12.9. The van der Waals surface area contributed by atoms with Crippen molar-refractivity contribution in [2.45, 2.75) is 23.8 Å². The second-order valence-corrected chi connectivity index (χ2v) is 7.10. The number of hydrogen-bond donors (Lipinski definition) is 1. The highest BCUT2D eigenvalue weighted by molar-refractivity contribution is 8.00. The van der Waals surface area contributed by atoms with Crippen LogP contribution in [0.5, 0.6) is 0 Å². The molecular formula is C18H16FN5OS. The topological polar surface area (TPSA) is 72.7 Å². The minimum absolute atomic E-state index is 0.127. The summed E-state index contributed by atoms with van der Waals surface area (Å²) in [5.74, 6) is 0.544. The Morgan fingerprint density at radius 3 is 2.81 bits per heavy atom. The van der Waals surface area contributed by atoms with Gasteiger partial charge in [0.15, 0.2) is 5.82 Å². The molecule has 1 heterocycles. The third-order valence-electron chi connectivity index (χ3n) is 3.97. The molecular weight excluding hydrogens is 353 g/mol. The molecule has 26 heavy (non-hydrogen) atoms. The molecule has 3 aromatic rings. The van der Waals surface area contributed by atoms with Gasteiger partial charge in [-0.25, -0.2) is 9.07 Å².